The van der Waals surface area contributed by atoms with E-state index in [0.717, 1.165) is 0 Å². The average molecular weight is 340 g/mol. The Hall–Kier alpha value is -1.42. The summed E-state index contributed by atoms with van der Waals surface area (Å²) in [7, 11) is 0. The molecule has 1 amide bonds. The van der Waals surface area contributed by atoms with Crippen LogP contribution in [0.3, 0.4) is 0 Å². The Morgan fingerprint density at radius 2 is 1.40 bits per heavy atom. The van der Waals surface area contributed by atoms with Gasteiger partial charge in [0, 0.05) is 0 Å². The predicted molar refractivity (Wildman–Crippen MR) is 56.8 cm³/mol. The Morgan fingerprint density at radius 3 is 1.75 bits per heavy atom. The fraction of sp³-hybridized carbons (Fsp3) is 0. The standard InChI is InChI=1S/C9HClF7NOS/c10-9(19)18-20-7-5(14)2(11)1(3(12)6(7)15)4(13)8(16)17/h(H,18,19). The Balaban J connectivity index is 3.50. The van der Waals surface area contributed by atoms with Crippen molar-refractivity contribution in [1.29, 1.82) is 0 Å². The highest BCUT2D eigenvalue weighted by atomic mass is 35.5. The van der Waals surface area contributed by atoms with Crippen LogP contribution in [0, 0.1) is 23.3 Å². The van der Waals surface area contributed by atoms with E-state index >= 15 is 0 Å². The number of carbonyl (C=O) groups is 1. The molecule has 0 aliphatic heterocycles. The van der Waals surface area contributed by atoms with E-state index in [1.807, 2.05) is 0 Å². The predicted octanol–water partition coefficient (Wildman–Crippen LogP) is 4.73. The van der Waals surface area contributed by atoms with Gasteiger partial charge in [-0.3, -0.25) is 9.52 Å². The number of hydrogen-bond donors (Lipinski definition) is 1. The molecular formula is C9HClF7NOS. The second-order valence-electron chi connectivity index (χ2n) is 3.01. The fourth-order valence-electron chi connectivity index (χ4n) is 1.08. The number of benzene rings is 1. The number of nitrogens with one attached hydrogen (secondary N) is 1. The van der Waals surface area contributed by atoms with Gasteiger partial charge in [0.1, 0.15) is 4.90 Å². The lowest BCUT2D eigenvalue weighted by Gasteiger charge is -2.09. The molecule has 0 atom stereocenters. The Bertz CT molecular complexity index is 573. The van der Waals surface area contributed by atoms with Crippen LogP contribution in [-0.4, -0.2) is 5.37 Å². The minimum Gasteiger partial charge on any atom is -0.282 e. The molecule has 0 unspecified atom stereocenters. The van der Waals surface area contributed by atoms with E-state index in [2.05, 4.69) is 0 Å². The van der Waals surface area contributed by atoms with E-state index in [1.165, 1.54) is 0 Å². The van der Waals surface area contributed by atoms with Gasteiger partial charge in [0.2, 0.25) is 5.83 Å². The van der Waals surface area contributed by atoms with E-state index in [9.17, 15) is 35.5 Å². The smallest absolute Gasteiger partial charge is 0.282 e. The van der Waals surface area contributed by atoms with Gasteiger partial charge in [-0.15, -0.1) is 0 Å². The molecule has 0 heterocycles. The van der Waals surface area contributed by atoms with Crippen molar-refractivity contribution in [2.75, 3.05) is 0 Å². The molecule has 1 aromatic carbocycles. The van der Waals surface area contributed by atoms with Crippen LogP contribution in [0.4, 0.5) is 35.5 Å². The van der Waals surface area contributed by atoms with Gasteiger partial charge in [0.05, 0.1) is 5.56 Å². The van der Waals surface area contributed by atoms with E-state index in [4.69, 9.17) is 11.6 Å². The van der Waals surface area contributed by atoms with E-state index in [1.54, 1.807) is 4.72 Å². The Labute approximate surface area is 115 Å². The van der Waals surface area contributed by atoms with Gasteiger partial charge in [-0.1, -0.05) is 0 Å². The summed E-state index contributed by atoms with van der Waals surface area (Å²) in [5.41, 5.74) is -2.18. The summed E-state index contributed by atoms with van der Waals surface area (Å²) in [6.45, 7) is 0. The second kappa shape index (κ2) is 6.35. The largest absolute Gasteiger partial charge is 0.323 e. The molecule has 0 fully saturated rings. The number of hydrogen-bond acceptors (Lipinski definition) is 2. The van der Waals surface area contributed by atoms with E-state index in [0.29, 0.717) is 0 Å². The lowest BCUT2D eigenvalue weighted by atomic mass is 10.1. The minimum atomic E-state index is -3.16. The third kappa shape index (κ3) is 3.18. The van der Waals surface area contributed by atoms with Crippen LogP contribution in [0.5, 0.6) is 0 Å². The van der Waals surface area contributed by atoms with Crippen molar-refractivity contribution in [3.63, 3.8) is 0 Å². The SMILES string of the molecule is O=C(Cl)NSc1c(F)c(F)c(C(F)=C(F)F)c(F)c1F. The molecule has 0 spiro atoms. The maximum atomic E-state index is 13.3. The Kier molecular flexibility index (Phi) is 5.28. The summed E-state index contributed by atoms with van der Waals surface area (Å²) in [5, 5.41) is -1.32. The molecular weight excluding hydrogens is 339 g/mol. The molecule has 1 rings (SSSR count). The summed E-state index contributed by atoms with van der Waals surface area (Å²) in [6.07, 6.45) is -3.16. The summed E-state index contributed by atoms with van der Waals surface area (Å²) in [6, 6.07) is 0. The van der Waals surface area contributed by atoms with Crippen LogP contribution in [0.15, 0.2) is 11.0 Å². The molecule has 1 N–H and O–H groups in total. The summed E-state index contributed by atoms with van der Waals surface area (Å²) >= 11 is 4.52. The topological polar surface area (TPSA) is 29.1 Å². The molecule has 1 aromatic rings. The van der Waals surface area contributed by atoms with Crippen LogP contribution >= 0.6 is 23.5 Å². The molecule has 0 radical (unpaired) electrons. The van der Waals surface area contributed by atoms with Crippen molar-refractivity contribution in [2.45, 2.75) is 4.90 Å². The molecule has 0 aromatic heterocycles. The maximum absolute atomic E-state index is 13.3. The average Bonchev–Trinajstić information content (AvgIpc) is 2.36. The molecule has 11 heteroatoms. The van der Waals surface area contributed by atoms with Gasteiger partial charge in [0.25, 0.3) is 0 Å². The zero-order valence-corrected chi connectivity index (χ0v) is 10.4. The first kappa shape index (κ1) is 16.6. The van der Waals surface area contributed by atoms with Crippen LogP contribution < -0.4 is 4.72 Å². The lowest BCUT2D eigenvalue weighted by Crippen LogP contribution is -2.10. The van der Waals surface area contributed by atoms with Crippen molar-refractivity contribution < 1.29 is 35.5 Å². The van der Waals surface area contributed by atoms with Crippen molar-refractivity contribution in [2.24, 2.45) is 0 Å². The number of carbonyl (C=O) groups excluding carboxylic acids is 1. The first-order valence-electron chi connectivity index (χ1n) is 4.37. The van der Waals surface area contributed by atoms with Gasteiger partial charge in [-0.25, -0.2) is 22.0 Å². The number of amides is 1. The van der Waals surface area contributed by atoms with Crippen LogP contribution in [-0.2, 0) is 0 Å². The Morgan fingerprint density at radius 1 is 0.950 bits per heavy atom. The van der Waals surface area contributed by atoms with Crippen molar-refractivity contribution >= 4 is 34.7 Å². The first-order chi connectivity index (χ1) is 9.18. The molecule has 20 heavy (non-hydrogen) atoms. The third-order valence-corrected chi connectivity index (χ3v) is 2.90. The summed E-state index contributed by atoms with van der Waals surface area (Å²) in [5.74, 6) is -11.8. The third-order valence-electron chi connectivity index (χ3n) is 1.84. The fourth-order valence-corrected chi connectivity index (χ4v) is 1.74. The highest BCUT2D eigenvalue weighted by Crippen LogP contribution is 2.35. The molecule has 0 aliphatic rings. The summed E-state index contributed by atoms with van der Waals surface area (Å²) in [4.78, 5) is 8.90. The molecule has 0 bridgehead atoms. The lowest BCUT2D eigenvalue weighted by molar-refractivity contribution is 0.264. The highest BCUT2D eigenvalue weighted by Gasteiger charge is 2.30. The molecule has 110 valence electrons. The van der Waals surface area contributed by atoms with E-state index < -0.39 is 51.0 Å². The first-order valence-corrected chi connectivity index (χ1v) is 5.57. The van der Waals surface area contributed by atoms with Crippen LogP contribution in [0.25, 0.3) is 5.83 Å². The molecule has 0 saturated heterocycles. The normalized spacial score (nSPS) is 10.4. The van der Waals surface area contributed by atoms with Gasteiger partial charge in [-0.2, -0.15) is 8.78 Å². The molecule has 0 saturated carbocycles. The van der Waals surface area contributed by atoms with Gasteiger partial charge in [-0.05, 0) is 23.5 Å². The second-order valence-corrected chi connectivity index (χ2v) is 4.17. The van der Waals surface area contributed by atoms with Gasteiger partial charge in [0.15, 0.2) is 23.3 Å². The molecule has 2 nitrogen and oxygen atoms in total. The zero-order chi connectivity index (χ0) is 15.6. The summed E-state index contributed by atoms with van der Waals surface area (Å²) < 4.78 is 91.5. The number of halogens is 8. The van der Waals surface area contributed by atoms with Crippen molar-refractivity contribution in [3.05, 3.63) is 34.9 Å². The number of rotatable bonds is 3. The maximum Gasteiger partial charge on any atom is 0.323 e. The minimum absolute atomic E-state index is 0.249. The van der Waals surface area contributed by atoms with Gasteiger partial charge >= 0.3 is 11.4 Å². The highest BCUT2D eigenvalue weighted by molar-refractivity contribution is 7.98. The van der Waals surface area contributed by atoms with Crippen molar-refractivity contribution in [3.8, 4) is 0 Å². The monoisotopic (exact) mass is 339 g/mol. The van der Waals surface area contributed by atoms with E-state index in [-0.39, 0.29) is 11.9 Å². The quantitative estimate of drug-likeness (QED) is 0.283. The zero-order valence-electron chi connectivity index (χ0n) is 8.84. The molecule has 0 aliphatic carbocycles. The van der Waals surface area contributed by atoms with Crippen molar-refractivity contribution in [1.82, 2.24) is 4.72 Å². The van der Waals surface area contributed by atoms with Gasteiger partial charge < -0.3 is 0 Å². The van der Waals surface area contributed by atoms with Crippen LogP contribution in [0.1, 0.15) is 5.56 Å². The van der Waals surface area contributed by atoms with Crippen LogP contribution in [0.2, 0.25) is 0 Å².